The number of hydroxylamine groups is 2. The van der Waals surface area contributed by atoms with E-state index in [1.54, 1.807) is 5.06 Å². The van der Waals surface area contributed by atoms with Gasteiger partial charge in [-0.25, -0.2) is 4.79 Å². The van der Waals surface area contributed by atoms with Crippen LogP contribution < -0.4 is 16.6 Å². The number of aliphatic hydroxyl groups is 2. The first-order valence-electron chi connectivity index (χ1n) is 11.8. The molecule has 0 saturated carbocycles. The molecule has 2 aliphatic heterocycles. The van der Waals surface area contributed by atoms with E-state index in [2.05, 4.69) is 10.3 Å². The van der Waals surface area contributed by atoms with Crippen LogP contribution in [0.4, 0.5) is 0 Å². The summed E-state index contributed by atoms with van der Waals surface area (Å²) in [6, 6.07) is -0.157. The number of H-pyrrole nitrogens is 1. The fourth-order valence-electron chi connectivity index (χ4n) is 5.26. The molecule has 1 amide bonds. The Balaban J connectivity index is 1.65. The molecule has 12 nitrogen and oxygen atoms in total. The van der Waals surface area contributed by atoms with Crippen LogP contribution in [0, 0.1) is 0 Å². The van der Waals surface area contributed by atoms with E-state index in [1.807, 2.05) is 27.7 Å². The molecule has 1 aromatic heterocycles. The van der Waals surface area contributed by atoms with Gasteiger partial charge in [-0.05, 0) is 47.0 Å². The highest BCUT2D eigenvalue weighted by Gasteiger charge is 2.48. The molecule has 1 aromatic rings. The van der Waals surface area contributed by atoms with Crippen LogP contribution in [0.1, 0.15) is 72.1 Å². The number of amides is 1. The third-order valence-corrected chi connectivity index (χ3v) is 6.53. The second kappa shape index (κ2) is 10.2. The van der Waals surface area contributed by atoms with Gasteiger partial charge in [-0.15, -0.1) is 5.06 Å². The third kappa shape index (κ3) is 6.18. The molecule has 2 fully saturated rings. The van der Waals surface area contributed by atoms with Crippen molar-refractivity contribution in [2.24, 2.45) is 0 Å². The van der Waals surface area contributed by atoms with E-state index in [9.17, 15) is 29.4 Å². The number of aromatic amines is 1. The number of aliphatic hydroxyl groups excluding tert-OH is 2. The normalized spacial score (nSPS) is 26.4. The van der Waals surface area contributed by atoms with Gasteiger partial charge < -0.3 is 25.1 Å². The van der Waals surface area contributed by atoms with E-state index in [4.69, 9.17) is 9.57 Å². The lowest BCUT2D eigenvalue weighted by Crippen LogP contribution is -2.64. The molecule has 12 heteroatoms. The lowest BCUT2D eigenvalue weighted by Gasteiger charge is -2.52. The first kappa shape index (κ1) is 27.1. The number of aryl methyl sites for hydroxylation is 1. The molecule has 0 bridgehead atoms. The van der Waals surface area contributed by atoms with Crippen LogP contribution in [0.3, 0.4) is 0 Å². The molecule has 2 aliphatic rings. The molecule has 0 aromatic carbocycles. The number of carbonyl (C=O) groups excluding carboxylic acids is 2. The average molecular weight is 497 g/mol. The monoisotopic (exact) mass is 496 g/mol. The molecule has 4 N–H and O–H groups in total. The quantitative estimate of drug-likeness (QED) is 0.398. The van der Waals surface area contributed by atoms with E-state index in [0.29, 0.717) is 12.8 Å². The molecule has 196 valence electrons. The summed E-state index contributed by atoms with van der Waals surface area (Å²) in [4.78, 5) is 56.5. The van der Waals surface area contributed by atoms with Crippen molar-refractivity contribution in [3.05, 3.63) is 32.6 Å². The summed E-state index contributed by atoms with van der Waals surface area (Å²) < 4.78 is 6.68. The molecule has 0 spiro atoms. The maximum absolute atomic E-state index is 12.7. The fraction of sp³-hybridized carbons (Fsp3) is 0.739. The van der Waals surface area contributed by atoms with Gasteiger partial charge >= 0.3 is 11.7 Å². The second-order valence-corrected chi connectivity index (χ2v) is 10.6. The van der Waals surface area contributed by atoms with Gasteiger partial charge in [0.1, 0.15) is 12.3 Å². The van der Waals surface area contributed by atoms with Crippen molar-refractivity contribution >= 4 is 11.9 Å². The summed E-state index contributed by atoms with van der Waals surface area (Å²) in [7, 11) is 0. The summed E-state index contributed by atoms with van der Waals surface area (Å²) >= 11 is 0. The zero-order valence-corrected chi connectivity index (χ0v) is 20.9. The van der Waals surface area contributed by atoms with Crippen molar-refractivity contribution in [2.45, 2.75) is 102 Å². The van der Waals surface area contributed by atoms with E-state index in [-0.39, 0.29) is 36.8 Å². The lowest BCUT2D eigenvalue weighted by molar-refractivity contribution is -0.266. The molecule has 0 unspecified atom stereocenters. The molecular formula is C23H36N4O8. The Morgan fingerprint density at radius 3 is 2.40 bits per heavy atom. The van der Waals surface area contributed by atoms with Crippen LogP contribution in [0.5, 0.6) is 0 Å². The summed E-state index contributed by atoms with van der Waals surface area (Å²) in [5.74, 6) is -0.642. The number of aromatic nitrogens is 2. The smallest absolute Gasteiger partial charge is 0.330 e. The van der Waals surface area contributed by atoms with E-state index in [0.717, 1.165) is 0 Å². The van der Waals surface area contributed by atoms with Crippen molar-refractivity contribution in [3.63, 3.8) is 0 Å². The predicted molar refractivity (Wildman–Crippen MR) is 124 cm³/mol. The van der Waals surface area contributed by atoms with Gasteiger partial charge in [0.15, 0.2) is 0 Å². The Labute approximate surface area is 203 Å². The van der Waals surface area contributed by atoms with Crippen molar-refractivity contribution in [3.8, 4) is 0 Å². The van der Waals surface area contributed by atoms with Crippen LogP contribution in [0.15, 0.2) is 15.8 Å². The lowest BCUT2D eigenvalue weighted by atomic mass is 9.79. The molecule has 2 saturated heterocycles. The highest BCUT2D eigenvalue weighted by molar-refractivity contribution is 5.76. The maximum atomic E-state index is 12.7. The third-order valence-electron chi connectivity index (χ3n) is 6.53. The van der Waals surface area contributed by atoms with Crippen molar-refractivity contribution in [1.29, 1.82) is 0 Å². The van der Waals surface area contributed by atoms with Gasteiger partial charge in [0.05, 0.1) is 23.8 Å². The summed E-state index contributed by atoms with van der Waals surface area (Å²) in [5, 5.41) is 23.9. The van der Waals surface area contributed by atoms with Crippen LogP contribution >= 0.6 is 0 Å². The Morgan fingerprint density at radius 2 is 1.86 bits per heavy atom. The summed E-state index contributed by atoms with van der Waals surface area (Å²) in [5.41, 5.74) is -2.06. The Morgan fingerprint density at radius 1 is 1.23 bits per heavy atom. The van der Waals surface area contributed by atoms with Gasteiger partial charge in [-0.2, -0.15) is 0 Å². The van der Waals surface area contributed by atoms with Gasteiger partial charge in [0.2, 0.25) is 5.91 Å². The molecule has 0 aliphatic carbocycles. The average Bonchev–Trinajstić information content (AvgIpc) is 3.10. The number of nitrogens with one attached hydrogen (secondary N) is 2. The molecule has 3 rings (SSSR count). The van der Waals surface area contributed by atoms with Crippen molar-refractivity contribution < 1.29 is 29.4 Å². The molecule has 3 atom stereocenters. The van der Waals surface area contributed by atoms with Gasteiger partial charge in [-0.3, -0.25) is 23.9 Å². The van der Waals surface area contributed by atoms with E-state index < -0.39 is 53.3 Å². The van der Waals surface area contributed by atoms with E-state index in [1.165, 1.54) is 17.7 Å². The standard InChI is InChI=1S/C23H36N4O8/c1-13(29)35-27-22(2,3)9-15(10-23(27,4)5)24-18(31)7-6-14-11-26(21(33)25-20(14)32)19-8-16(30)17(12-28)34-19/h11,15-17,19,28,30H,6-10,12H2,1-5H3,(H,24,31)(H,25,32,33)/t16-,17+,19+/m0/s1. The molecule has 0 radical (unpaired) electrons. The zero-order chi connectivity index (χ0) is 26.1. The number of carbonyl (C=O) groups is 2. The number of nitrogens with zero attached hydrogens (tertiary/aromatic N) is 2. The Kier molecular flexibility index (Phi) is 7.89. The second-order valence-electron chi connectivity index (χ2n) is 10.6. The highest BCUT2D eigenvalue weighted by atomic mass is 16.7. The zero-order valence-electron chi connectivity index (χ0n) is 20.9. The highest BCUT2D eigenvalue weighted by Crippen LogP contribution is 2.38. The number of ether oxygens (including phenoxy) is 1. The Bertz CT molecular complexity index is 1040. The molecule has 35 heavy (non-hydrogen) atoms. The number of hydrogen-bond donors (Lipinski definition) is 4. The van der Waals surface area contributed by atoms with Crippen molar-refractivity contribution in [1.82, 2.24) is 19.9 Å². The molecular weight excluding hydrogens is 460 g/mol. The maximum Gasteiger partial charge on any atom is 0.330 e. The van der Waals surface area contributed by atoms with Crippen LogP contribution in [0.2, 0.25) is 0 Å². The van der Waals surface area contributed by atoms with Crippen LogP contribution in [-0.2, 0) is 25.6 Å². The topological polar surface area (TPSA) is 163 Å². The first-order valence-corrected chi connectivity index (χ1v) is 11.8. The van der Waals surface area contributed by atoms with Gasteiger partial charge in [-0.1, -0.05) is 0 Å². The molecule has 3 heterocycles. The minimum Gasteiger partial charge on any atom is -0.394 e. The number of rotatable bonds is 7. The number of hydrogen-bond acceptors (Lipinski definition) is 9. The number of piperidine rings is 1. The van der Waals surface area contributed by atoms with Crippen molar-refractivity contribution in [2.75, 3.05) is 6.61 Å². The predicted octanol–water partition coefficient (Wildman–Crippen LogP) is -0.274. The van der Waals surface area contributed by atoms with Gasteiger partial charge in [0.25, 0.3) is 5.56 Å². The summed E-state index contributed by atoms with van der Waals surface area (Å²) in [6.07, 6.45) is 0.115. The minimum absolute atomic E-state index is 0.0275. The minimum atomic E-state index is -0.932. The first-order chi connectivity index (χ1) is 16.2. The Hall–Kier alpha value is -2.54. The largest absolute Gasteiger partial charge is 0.394 e. The SMILES string of the molecule is CC(=O)ON1C(C)(C)CC(NC(=O)CCc2cn([C@H]3C[C@H](O)[C@@H](CO)O3)c(=O)[nH]c2=O)CC1(C)C. The van der Waals surface area contributed by atoms with Crippen LogP contribution in [-0.4, -0.2) is 72.6 Å². The fourth-order valence-corrected chi connectivity index (χ4v) is 5.26. The van der Waals surface area contributed by atoms with Gasteiger partial charge in [0, 0.05) is 37.6 Å². The summed E-state index contributed by atoms with van der Waals surface area (Å²) in [6.45, 7) is 8.75. The van der Waals surface area contributed by atoms with E-state index >= 15 is 0 Å². The van der Waals surface area contributed by atoms with Crippen LogP contribution in [0.25, 0.3) is 0 Å².